The van der Waals surface area contributed by atoms with Gasteiger partial charge in [-0.15, -0.1) is 0 Å². The van der Waals surface area contributed by atoms with E-state index in [9.17, 15) is 4.79 Å². The Bertz CT molecular complexity index is 577. The fraction of sp³-hybridized carbons (Fsp3) is 0.231. The maximum absolute atomic E-state index is 11.6. The highest BCUT2D eigenvalue weighted by Gasteiger charge is 2.14. The minimum atomic E-state index is 0.0299. The zero-order valence-corrected chi connectivity index (χ0v) is 11.2. The first-order chi connectivity index (χ1) is 8.60. The summed E-state index contributed by atoms with van der Waals surface area (Å²) in [5.41, 5.74) is 7.85. The van der Waals surface area contributed by atoms with Gasteiger partial charge in [-0.05, 0) is 24.6 Å². The quantitative estimate of drug-likeness (QED) is 0.828. The van der Waals surface area contributed by atoms with Gasteiger partial charge in [-0.25, -0.2) is 4.98 Å². The van der Waals surface area contributed by atoms with Crippen LogP contribution in [-0.4, -0.2) is 10.8 Å². The molecule has 0 aliphatic heterocycles. The van der Waals surface area contributed by atoms with Crippen LogP contribution in [0.5, 0.6) is 0 Å². The maximum Gasteiger partial charge on any atom is 0.189 e. The summed E-state index contributed by atoms with van der Waals surface area (Å²) in [7, 11) is 0. The van der Waals surface area contributed by atoms with Crippen LogP contribution in [0.15, 0.2) is 24.3 Å². The van der Waals surface area contributed by atoms with Gasteiger partial charge in [0, 0.05) is 12.1 Å². The van der Waals surface area contributed by atoms with Crippen molar-refractivity contribution in [2.75, 3.05) is 11.1 Å². The molecule has 2 rings (SSSR count). The number of Topliss-reactive ketones (excluding diaryl/α,β-unsaturated/α-hetero) is 1. The van der Waals surface area contributed by atoms with Crippen molar-refractivity contribution in [1.82, 2.24) is 4.98 Å². The van der Waals surface area contributed by atoms with Crippen LogP contribution in [0, 0.1) is 6.92 Å². The normalized spacial score (nSPS) is 10.3. The molecule has 0 saturated carbocycles. The fourth-order valence-corrected chi connectivity index (χ4v) is 2.51. The Labute approximate surface area is 110 Å². The molecule has 0 radical (unpaired) electrons. The summed E-state index contributed by atoms with van der Waals surface area (Å²) in [4.78, 5) is 16.3. The first kappa shape index (κ1) is 12.6. The highest BCUT2D eigenvalue weighted by atomic mass is 32.1. The number of rotatable bonds is 4. The number of anilines is 3. The summed E-state index contributed by atoms with van der Waals surface area (Å²) in [6.07, 6.45) is 0.441. The molecule has 0 unspecified atom stereocenters. The summed E-state index contributed by atoms with van der Waals surface area (Å²) in [6, 6.07) is 7.95. The lowest BCUT2D eigenvalue weighted by atomic mass is 10.2. The Hall–Kier alpha value is -1.88. The highest BCUT2D eigenvalue weighted by Crippen LogP contribution is 2.28. The van der Waals surface area contributed by atoms with Crippen molar-refractivity contribution in [3.63, 3.8) is 0 Å². The molecule has 3 N–H and O–H groups in total. The van der Waals surface area contributed by atoms with E-state index in [0.717, 1.165) is 11.3 Å². The second-order valence-electron chi connectivity index (χ2n) is 4.00. The minimum Gasteiger partial charge on any atom is -0.382 e. The summed E-state index contributed by atoms with van der Waals surface area (Å²) in [5.74, 6) is 0.337. The van der Waals surface area contributed by atoms with Crippen LogP contribution >= 0.6 is 11.3 Å². The van der Waals surface area contributed by atoms with Crippen molar-refractivity contribution in [3.05, 3.63) is 34.7 Å². The molecule has 0 bridgehead atoms. The van der Waals surface area contributed by atoms with Crippen LogP contribution in [-0.2, 0) is 0 Å². The number of carbonyl (C=O) groups excluding carboxylic acids is 1. The van der Waals surface area contributed by atoms with Crippen LogP contribution in [0.25, 0.3) is 0 Å². The number of aromatic nitrogens is 1. The molecule has 0 aliphatic rings. The number of nitrogen functional groups attached to an aromatic ring is 1. The largest absolute Gasteiger partial charge is 0.382 e. The molecular weight excluding hydrogens is 246 g/mol. The van der Waals surface area contributed by atoms with Crippen LogP contribution in [0.4, 0.5) is 16.6 Å². The molecule has 0 aliphatic carbocycles. The third-order valence-corrected chi connectivity index (χ3v) is 3.52. The van der Waals surface area contributed by atoms with E-state index in [1.807, 2.05) is 38.1 Å². The summed E-state index contributed by atoms with van der Waals surface area (Å²) in [6.45, 7) is 3.84. The highest BCUT2D eigenvalue weighted by molar-refractivity contribution is 7.18. The van der Waals surface area contributed by atoms with Crippen LogP contribution in [0.1, 0.15) is 28.6 Å². The SMILES string of the molecule is CCC(=O)c1sc(Nc2cccc(C)c2)nc1N. The Balaban J connectivity index is 2.23. The monoisotopic (exact) mass is 261 g/mol. The van der Waals surface area contributed by atoms with Gasteiger partial charge in [-0.3, -0.25) is 4.79 Å². The molecule has 4 nitrogen and oxygen atoms in total. The molecular formula is C13H15N3OS. The van der Waals surface area contributed by atoms with Gasteiger partial charge in [-0.1, -0.05) is 30.4 Å². The lowest BCUT2D eigenvalue weighted by Gasteiger charge is -2.02. The molecule has 1 aromatic carbocycles. The van der Waals surface area contributed by atoms with Gasteiger partial charge in [0.1, 0.15) is 10.7 Å². The lowest BCUT2D eigenvalue weighted by molar-refractivity contribution is 0.0992. The van der Waals surface area contributed by atoms with E-state index in [1.165, 1.54) is 11.3 Å². The standard InChI is InChI=1S/C13H15N3OS/c1-3-10(17)11-12(14)16-13(18-11)15-9-6-4-5-8(2)7-9/h4-7H,3,14H2,1-2H3,(H,15,16). The van der Waals surface area contributed by atoms with E-state index < -0.39 is 0 Å². The average Bonchev–Trinajstić information content (AvgIpc) is 2.69. The van der Waals surface area contributed by atoms with Crippen LogP contribution in [0.3, 0.4) is 0 Å². The smallest absolute Gasteiger partial charge is 0.189 e. The number of ketones is 1. The molecule has 2 aromatic rings. The molecule has 18 heavy (non-hydrogen) atoms. The zero-order chi connectivity index (χ0) is 13.1. The summed E-state index contributed by atoms with van der Waals surface area (Å²) in [5, 5.41) is 3.81. The second-order valence-corrected chi connectivity index (χ2v) is 5.00. The van der Waals surface area contributed by atoms with Crippen LogP contribution in [0.2, 0.25) is 0 Å². The number of hydrogen-bond donors (Lipinski definition) is 2. The number of aryl methyl sites for hydroxylation is 1. The molecule has 0 spiro atoms. The first-order valence-corrected chi connectivity index (χ1v) is 6.55. The first-order valence-electron chi connectivity index (χ1n) is 5.73. The van der Waals surface area contributed by atoms with Crippen molar-refractivity contribution in [2.45, 2.75) is 20.3 Å². The van der Waals surface area contributed by atoms with Crippen molar-refractivity contribution < 1.29 is 4.79 Å². The van der Waals surface area contributed by atoms with Crippen LogP contribution < -0.4 is 11.1 Å². The van der Waals surface area contributed by atoms with Gasteiger partial charge < -0.3 is 11.1 Å². The molecule has 0 amide bonds. The zero-order valence-electron chi connectivity index (χ0n) is 10.4. The topological polar surface area (TPSA) is 68.0 Å². The van der Waals surface area contributed by atoms with Gasteiger partial charge in [0.15, 0.2) is 10.9 Å². The molecule has 1 heterocycles. The van der Waals surface area contributed by atoms with Gasteiger partial charge >= 0.3 is 0 Å². The number of hydrogen-bond acceptors (Lipinski definition) is 5. The minimum absolute atomic E-state index is 0.0299. The Kier molecular flexibility index (Phi) is 3.62. The number of nitrogens with two attached hydrogens (primary N) is 1. The van der Waals surface area contributed by atoms with Crippen molar-refractivity contribution in [1.29, 1.82) is 0 Å². The van der Waals surface area contributed by atoms with E-state index in [0.29, 0.717) is 22.2 Å². The van der Waals surface area contributed by atoms with Gasteiger partial charge in [-0.2, -0.15) is 0 Å². The van der Waals surface area contributed by atoms with E-state index in [1.54, 1.807) is 0 Å². The Morgan fingerprint density at radius 3 is 2.94 bits per heavy atom. The number of carbonyl (C=O) groups is 1. The molecule has 94 valence electrons. The van der Waals surface area contributed by atoms with E-state index in [4.69, 9.17) is 5.73 Å². The summed E-state index contributed by atoms with van der Waals surface area (Å²) >= 11 is 1.30. The third-order valence-electron chi connectivity index (χ3n) is 2.50. The van der Waals surface area contributed by atoms with E-state index in [2.05, 4.69) is 10.3 Å². The number of nitrogens with one attached hydrogen (secondary N) is 1. The van der Waals surface area contributed by atoms with E-state index in [-0.39, 0.29) is 5.78 Å². The Morgan fingerprint density at radius 1 is 1.50 bits per heavy atom. The Morgan fingerprint density at radius 2 is 2.28 bits per heavy atom. The number of thiazole rings is 1. The molecule has 0 saturated heterocycles. The third kappa shape index (κ3) is 2.68. The maximum atomic E-state index is 11.6. The van der Waals surface area contributed by atoms with Gasteiger partial charge in [0.2, 0.25) is 0 Å². The predicted octanol–water partition coefficient (Wildman–Crippen LogP) is 3.37. The number of benzene rings is 1. The molecule has 0 fully saturated rings. The second kappa shape index (κ2) is 5.18. The van der Waals surface area contributed by atoms with Gasteiger partial charge in [0.25, 0.3) is 0 Å². The molecule has 5 heteroatoms. The molecule has 0 atom stereocenters. The summed E-state index contributed by atoms with van der Waals surface area (Å²) < 4.78 is 0. The van der Waals surface area contributed by atoms with Crippen molar-refractivity contribution in [3.8, 4) is 0 Å². The lowest BCUT2D eigenvalue weighted by Crippen LogP contribution is -1.98. The molecule has 1 aromatic heterocycles. The fourth-order valence-electron chi connectivity index (χ4n) is 1.59. The van der Waals surface area contributed by atoms with Crippen molar-refractivity contribution in [2.24, 2.45) is 0 Å². The van der Waals surface area contributed by atoms with E-state index >= 15 is 0 Å². The number of nitrogens with zero attached hydrogens (tertiary/aromatic N) is 1. The van der Waals surface area contributed by atoms with Crippen molar-refractivity contribution >= 4 is 33.8 Å². The average molecular weight is 261 g/mol. The van der Waals surface area contributed by atoms with Gasteiger partial charge in [0.05, 0.1) is 0 Å². The predicted molar refractivity (Wildman–Crippen MR) is 75.6 cm³/mol.